The van der Waals surface area contributed by atoms with Crippen LogP contribution in [0.25, 0.3) is 0 Å². The molecule has 2 aromatic rings. The number of sulfonamides is 1. The number of hydrogen-bond donors (Lipinski definition) is 1. The molecule has 8 heteroatoms. The van der Waals surface area contributed by atoms with Crippen LogP contribution in [0.5, 0.6) is 0 Å². The molecule has 0 saturated heterocycles. The molecule has 0 radical (unpaired) electrons. The second-order valence-electron chi connectivity index (χ2n) is 6.46. The van der Waals surface area contributed by atoms with E-state index < -0.39 is 10.0 Å². The Morgan fingerprint density at radius 2 is 1.96 bits per heavy atom. The van der Waals surface area contributed by atoms with Crippen LogP contribution in [0.1, 0.15) is 19.4 Å². The zero-order valence-corrected chi connectivity index (χ0v) is 17.5. The maximum absolute atomic E-state index is 12.7. The fraction of sp³-hybridized carbons (Fsp3) is 0.316. The van der Waals surface area contributed by atoms with Crippen molar-refractivity contribution >= 4 is 45.0 Å². The summed E-state index contributed by atoms with van der Waals surface area (Å²) in [5.41, 5.74) is 1.66. The smallest absolute Gasteiger partial charge is 0.240 e. The van der Waals surface area contributed by atoms with Gasteiger partial charge in [-0.25, -0.2) is 13.1 Å². The van der Waals surface area contributed by atoms with Crippen molar-refractivity contribution in [3.05, 3.63) is 53.1 Å². The number of hydrogen-bond acceptors (Lipinski definition) is 4. The third-order valence-corrected chi connectivity index (χ3v) is 7.16. The fourth-order valence-electron chi connectivity index (χ4n) is 2.95. The lowest BCUT2D eigenvalue weighted by Crippen LogP contribution is -2.37. The van der Waals surface area contributed by atoms with Gasteiger partial charge in [0.1, 0.15) is 0 Å². The molecule has 2 aromatic carbocycles. The van der Waals surface area contributed by atoms with E-state index in [4.69, 9.17) is 11.6 Å². The van der Waals surface area contributed by atoms with E-state index in [9.17, 15) is 13.2 Å². The summed E-state index contributed by atoms with van der Waals surface area (Å²) in [5.74, 6) is -0.0892. The molecule has 1 heterocycles. The average Bonchev–Trinajstić information content (AvgIpc) is 2.62. The molecule has 0 fully saturated rings. The maximum atomic E-state index is 12.7. The summed E-state index contributed by atoms with van der Waals surface area (Å²) in [7, 11) is -3.66. The predicted octanol–water partition coefficient (Wildman–Crippen LogP) is 3.71. The van der Waals surface area contributed by atoms with Gasteiger partial charge < -0.3 is 4.90 Å². The van der Waals surface area contributed by atoms with E-state index in [0.717, 1.165) is 10.5 Å². The van der Waals surface area contributed by atoms with Gasteiger partial charge in [-0.3, -0.25) is 4.79 Å². The third-order valence-electron chi connectivity index (χ3n) is 4.30. The van der Waals surface area contributed by atoms with Crippen molar-refractivity contribution in [1.82, 2.24) is 4.72 Å². The zero-order valence-electron chi connectivity index (χ0n) is 15.1. The minimum absolute atomic E-state index is 0.0892. The van der Waals surface area contributed by atoms with Crippen LogP contribution in [0.4, 0.5) is 5.69 Å². The summed E-state index contributed by atoms with van der Waals surface area (Å²) in [6.07, 6.45) is 0.564. The van der Waals surface area contributed by atoms with Crippen molar-refractivity contribution < 1.29 is 13.2 Å². The molecule has 27 heavy (non-hydrogen) atoms. The van der Waals surface area contributed by atoms with Gasteiger partial charge in [-0.15, -0.1) is 11.8 Å². The number of benzene rings is 2. The van der Waals surface area contributed by atoms with E-state index >= 15 is 0 Å². The van der Waals surface area contributed by atoms with E-state index in [-0.39, 0.29) is 22.6 Å². The monoisotopic (exact) mass is 424 g/mol. The van der Waals surface area contributed by atoms with Gasteiger partial charge in [0.25, 0.3) is 0 Å². The third kappa shape index (κ3) is 4.85. The molecule has 1 aliphatic heterocycles. The van der Waals surface area contributed by atoms with Crippen LogP contribution >= 0.6 is 23.4 Å². The summed E-state index contributed by atoms with van der Waals surface area (Å²) in [6.45, 7) is 4.40. The molecular weight excluding hydrogens is 404 g/mol. The Bertz CT molecular complexity index is 946. The van der Waals surface area contributed by atoms with Crippen molar-refractivity contribution in [2.45, 2.75) is 35.3 Å². The molecule has 1 N–H and O–H groups in total. The Kier molecular flexibility index (Phi) is 6.15. The number of nitrogens with zero attached hydrogens (tertiary/aromatic N) is 1. The van der Waals surface area contributed by atoms with Crippen molar-refractivity contribution in [3.63, 3.8) is 0 Å². The Morgan fingerprint density at radius 1 is 1.26 bits per heavy atom. The number of carbonyl (C=O) groups is 1. The molecule has 1 aliphatic rings. The van der Waals surface area contributed by atoms with Crippen LogP contribution in [0.15, 0.2) is 52.3 Å². The lowest BCUT2D eigenvalue weighted by atomic mass is 10.2. The maximum Gasteiger partial charge on any atom is 0.240 e. The first-order valence-corrected chi connectivity index (χ1v) is 11.3. The van der Waals surface area contributed by atoms with Gasteiger partial charge in [-0.2, -0.15) is 0 Å². The van der Waals surface area contributed by atoms with Crippen LogP contribution in [0, 0.1) is 0 Å². The second-order valence-corrected chi connectivity index (χ2v) is 10.1. The van der Waals surface area contributed by atoms with Crippen LogP contribution in [0.2, 0.25) is 5.02 Å². The van der Waals surface area contributed by atoms with Gasteiger partial charge in [0.05, 0.1) is 10.6 Å². The van der Waals surface area contributed by atoms with Crippen LogP contribution in [0.3, 0.4) is 0 Å². The van der Waals surface area contributed by atoms with Gasteiger partial charge >= 0.3 is 0 Å². The topological polar surface area (TPSA) is 66.5 Å². The highest BCUT2D eigenvalue weighted by Gasteiger charge is 2.27. The highest BCUT2D eigenvalue weighted by atomic mass is 35.5. The molecule has 0 aliphatic carbocycles. The van der Waals surface area contributed by atoms with Gasteiger partial charge in [0.2, 0.25) is 15.9 Å². The SMILES string of the molecule is CC(=O)N1C[C@@H](C)Sc2ccc(S(=O)(=O)NCCc3ccc(Cl)cc3)cc21. The molecule has 5 nitrogen and oxygen atoms in total. The molecule has 0 bridgehead atoms. The van der Waals surface area contributed by atoms with Gasteiger partial charge in [-0.1, -0.05) is 30.7 Å². The largest absolute Gasteiger partial charge is 0.310 e. The number of thioether (sulfide) groups is 1. The molecule has 0 aromatic heterocycles. The van der Waals surface area contributed by atoms with E-state index in [1.807, 2.05) is 19.1 Å². The Balaban J connectivity index is 1.75. The molecule has 1 atom stereocenters. The molecule has 1 amide bonds. The van der Waals surface area contributed by atoms with Crippen LogP contribution < -0.4 is 9.62 Å². The quantitative estimate of drug-likeness (QED) is 0.794. The van der Waals surface area contributed by atoms with Crippen molar-refractivity contribution in [2.75, 3.05) is 18.0 Å². The molecule has 0 unspecified atom stereocenters. The standard InChI is InChI=1S/C19H21ClN2O3S2/c1-13-12-22(14(2)23)18-11-17(7-8-19(18)26-13)27(24,25)21-10-9-15-3-5-16(20)6-4-15/h3-8,11,13,21H,9-10,12H2,1-2H3/t13-/m1/s1. The Hall–Kier alpha value is -1.54. The van der Waals surface area contributed by atoms with E-state index in [0.29, 0.717) is 23.7 Å². The van der Waals surface area contributed by atoms with Crippen LogP contribution in [-0.2, 0) is 21.2 Å². The number of halogens is 1. The number of amides is 1. The first kappa shape index (κ1) is 20.2. The van der Waals surface area contributed by atoms with Crippen molar-refractivity contribution in [2.24, 2.45) is 0 Å². The summed E-state index contributed by atoms with van der Waals surface area (Å²) in [6, 6.07) is 12.3. The first-order valence-electron chi connectivity index (χ1n) is 8.59. The average molecular weight is 425 g/mol. The van der Waals surface area contributed by atoms with Gasteiger partial charge in [-0.05, 0) is 42.3 Å². The van der Waals surface area contributed by atoms with E-state index in [1.54, 1.807) is 47.0 Å². The molecule has 3 rings (SSSR count). The van der Waals surface area contributed by atoms with E-state index in [1.165, 1.54) is 6.92 Å². The minimum atomic E-state index is -3.66. The van der Waals surface area contributed by atoms with Crippen LogP contribution in [-0.4, -0.2) is 32.7 Å². The highest BCUT2D eigenvalue weighted by molar-refractivity contribution is 8.00. The fourth-order valence-corrected chi connectivity index (χ4v) is 5.22. The molecular formula is C19H21ClN2O3S2. The number of carbonyl (C=O) groups excluding carboxylic acids is 1. The highest BCUT2D eigenvalue weighted by Crippen LogP contribution is 2.39. The molecule has 0 spiro atoms. The lowest BCUT2D eigenvalue weighted by molar-refractivity contribution is -0.116. The number of nitrogens with one attached hydrogen (secondary N) is 1. The zero-order chi connectivity index (χ0) is 19.6. The number of fused-ring (bicyclic) bond motifs is 1. The summed E-state index contributed by atoms with van der Waals surface area (Å²) >= 11 is 7.51. The van der Waals surface area contributed by atoms with Crippen molar-refractivity contribution in [1.29, 1.82) is 0 Å². The molecule has 144 valence electrons. The van der Waals surface area contributed by atoms with Gasteiger partial charge in [0.15, 0.2) is 0 Å². The first-order chi connectivity index (χ1) is 12.8. The number of anilines is 1. The predicted molar refractivity (Wildman–Crippen MR) is 110 cm³/mol. The Morgan fingerprint density at radius 3 is 2.63 bits per heavy atom. The second kappa shape index (κ2) is 8.22. The van der Waals surface area contributed by atoms with E-state index in [2.05, 4.69) is 4.72 Å². The van der Waals surface area contributed by atoms with Crippen molar-refractivity contribution in [3.8, 4) is 0 Å². The minimum Gasteiger partial charge on any atom is -0.310 e. The lowest BCUT2D eigenvalue weighted by Gasteiger charge is -2.32. The summed E-state index contributed by atoms with van der Waals surface area (Å²) < 4.78 is 27.9. The summed E-state index contributed by atoms with van der Waals surface area (Å²) in [4.78, 5) is 14.7. The Labute approximate surface area is 169 Å². The number of rotatable bonds is 5. The molecule has 0 saturated carbocycles. The van der Waals surface area contributed by atoms with Gasteiger partial charge in [0, 0.05) is 35.2 Å². The normalized spacial score (nSPS) is 16.9. The summed E-state index contributed by atoms with van der Waals surface area (Å²) in [5, 5.41) is 0.914.